The third-order valence-corrected chi connectivity index (χ3v) is 2.47. The van der Waals surface area contributed by atoms with E-state index in [-0.39, 0.29) is 12.8 Å². The number of carbonyl (C=O) groups is 1. The van der Waals surface area contributed by atoms with Crippen LogP contribution >= 0.6 is 15.9 Å². The quantitative estimate of drug-likeness (QED) is 0.866. The summed E-state index contributed by atoms with van der Waals surface area (Å²) in [6.07, 6.45) is 0.0531. The molecule has 16 heavy (non-hydrogen) atoms. The summed E-state index contributed by atoms with van der Waals surface area (Å²) >= 11 is 3.33. The van der Waals surface area contributed by atoms with Gasteiger partial charge in [-0.25, -0.2) is 4.79 Å². The van der Waals surface area contributed by atoms with Gasteiger partial charge in [-0.1, -0.05) is 15.9 Å². The van der Waals surface area contributed by atoms with E-state index in [4.69, 9.17) is 10.5 Å². The van der Waals surface area contributed by atoms with Crippen LogP contribution in [0.15, 0.2) is 28.7 Å². The number of hydrogen-bond donors (Lipinski definition) is 1. The molecule has 0 aliphatic rings. The molecular weight excluding hydrogens is 272 g/mol. The average molecular weight is 287 g/mol. The Hall–Kier alpha value is -1.07. The van der Waals surface area contributed by atoms with Crippen LogP contribution in [0.4, 0.5) is 10.5 Å². The predicted molar refractivity (Wildman–Crippen MR) is 67.3 cm³/mol. The van der Waals surface area contributed by atoms with E-state index in [9.17, 15) is 4.79 Å². The molecule has 4 nitrogen and oxygen atoms in total. The molecule has 0 radical (unpaired) electrons. The molecular formula is C11H15BrN2O2. The molecule has 0 aromatic heterocycles. The van der Waals surface area contributed by atoms with Crippen molar-refractivity contribution in [1.29, 1.82) is 0 Å². The van der Waals surface area contributed by atoms with Crippen molar-refractivity contribution in [2.75, 3.05) is 11.6 Å². The number of hydrogen-bond acceptors (Lipinski definition) is 2. The number of halogens is 1. The van der Waals surface area contributed by atoms with E-state index < -0.39 is 6.03 Å². The summed E-state index contributed by atoms with van der Waals surface area (Å²) in [4.78, 5) is 12.6. The van der Waals surface area contributed by atoms with Gasteiger partial charge in [-0.3, -0.25) is 4.90 Å². The summed E-state index contributed by atoms with van der Waals surface area (Å²) < 4.78 is 6.31. The Kier molecular flexibility index (Phi) is 4.76. The van der Waals surface area contributed by atoms with Crippen LogP contribution in [0, 0.1) is 0 Å². The number of amides is 2. The number of rotatable bonds is 4. The number of nitrogens with two attached hydrogens (primary N) is 1. The van der Waals surface area contributed by atoms with Gasteiger partial charge < -0.3 is 10.5 Å². The van der Waals surface area contributed by atoms with Crippen LogP contribution < -0.4 is 10.6 Å². The second-order valence-corrected chi connectivity index (χ2v) is 4.50. The number of anilines is 1. The Morgan fingerprint density at radius 1 is 1.44 bits per heavy atom. The van der Waals surface area contributed by atoms with Crippen LogP contribution in [0.2, 0.25) is 0 Å². The molecule has 0 unspecified atom stereocenters. The minimum atomic E-state index is -0.525. The van der Waals surface area contributed by atoms with Crippen LogP contribution in [0.1, 0.15) is 13.8 Å². The number of carbonyl (C=O) groups excluding carboxylic acids is 1. The zero-order valence-corrected chi connectivity index (χ0v) is 10.9. The standard InChI is InChI=1S/C11H15BrN2O2/c1-8(2)16-7-14(11(13)15)10-5-3-9(12)4-6-10/h3-6,8H,7H2,1-2H3,(H2,13,15). The molecule has 5 heteroatoms. The fourth-order valence-corrected chi connectivity index (χ4v) is 1.37. The first kappa shape index (κ1) is 13.0. The molecule has 0 heterocycles. The lowest BCUT2D eigenvalue weighted by Crippen LogP contribution is -2.38. The fraction of sp³-hybridized carbons (Fsp3) is 0.364. The molecule has 2 N–H and O–H groups in total. The number of urea groups is 1. The highest BCUT2D eigenvalue weighted by atomic mass is 79.9. The molecule has 1 aromatic rings. The van der Waals surface area contributed by atoms with Gasteiger partial charge in [-0.15, -0.1) is 0 Å². The Morgan fingerprint density at radius 3 is 2.44 bits per heavy atom. The van der Waals surface area contributed by atoms with Crippen molar-refractivity contribution in [2.45, 2.75) is 20.0 Å². The molecule has 0 saturated heterocycles. The summed E-state index contributed by atoms with van der Waals surface area (Å²) in [5.74, 6) is 0. The normalized spacial score (nSPS) is 10.5. The zero-order chi connectivity index (χ0) is 12.1. The molecule has 1 rings (SSSR count). The van der Waals surface area contributed by atoms with Crippen LogP contribution in [0.3, 0.4) is 0 Å². The number of ether oxygens (including phenoxy) is 1. The van der Waals surface area contributed by atoms with Crippen LogP contribution in [-0.4, -0.2) is 18.9 Å². The number of nitrogens with zero attached hydrogens (tertiary/aromatic N) is 1. The molecule has 0 atom stereocenters. The van der Waals surface area contributed by atoms with Crippen molar-refractivity contribution in [2.24, 2.45) is 5.73 Å². The van der Waals surface area contributed by atoms with E-state index in [1.165, 1.54) is 4.90 Å². The Labute approximate surface area is 103 Å². The van der Waals surface area contributed by atoms with E-state index >= 15 is 0 Å². The van der Waals surface area contributed by atoms with E-state index in [1.807, 2.05) is 26.0 Å². The smallest absolute Gasteiger partial charge is 0.321 e. The highest BCUT2D eigenvalue weighted by molar-refractivity contribution is 9.10. The van der Waals surface area contributed by atoms with Gasteiger partial charge in [0.25, 0.3) is 0 Å². The maximum absolute atomic E-state index is 11.3. The van der Waals surface area contributed by atoms with Gasteiger partial charge >= 0.3 is 6.03 Å². The minimum absolute atomic E-state index is 0.0531. The molecule has 2 amide bonds. The monoisotopic (exact) mass is 286 g/mol. The first-order valence-corrected chi connectivity index (χ1v) is 5.74. The highest BCUT2D eigenvalue weighted by Crippen LogP contribution is 2.18. The maximum atomic E-state index is 11.3. The molecule has 88 valence electrons. The third-order valence-electron chi connectivity index (χ3n) is 1.94. The molecule has 0 saturated carbocycles. The third kappa shape index (κ3) is 3.83. The molecule has 0 bridgehead atoms. The van der Waals surface area contributed by atoms with E-state index in [2.05, 4.69) is 15.9 Å². The van der Waals surface area contributed by atoms with Gasteiger partial charge in [0.2, 0.25) is 0 Å². The largest absolute Gasteiger partial charge is 0.358 e. The highest BCUT2D eigenvalue weighted by Gasteiger charge is 2.12. The van der Waals surface area contributed by atoms with Crippen LogP contribution in [-0.2, 0) is 4.74 Å². The lowest BCUT2D eigenvalue weighted by Gasteiger charge is -2.21. The zero-order valence-electron chi connectivity index (χ0n) is 9.31. The predicted octanol–water partition coefficient (Wildman–Crippen LogP) is 2.72. The lowest BCUT2D eigenvalue weighted by atomic mass is 10.3. The first-order valence-electron chi connectivity index (χ1n) is 4.95. The summed E-state index contributed by atoms with van der Waals surface area (Å²) in [7, 11) is 0. The SMILES string of the molecule is CC(C)OCN(C(N)=O)c1ccc(Br)cc1. The van der Waals surface area contributed by atoms with Crippen molar-refractivity contribution in [3.63, 3.8) is 0 Å². The summed E-state index contributed by atoms with van der Waals surface area (Å²) in [5, 5.41) is 0. The van der Waals surface area contributed by atoms with Crippen LogP contribution in [0.5, 0.6) is 0 Å². The van der Waals surface area contributed by atoms with Crippen molar-refractivity contribution >= 4 is 27.6 Å². The van der Waals surface area contributed by atoms with Crippen LogP contribution in [0.25, 0.3) is 0 Å². The Balaban J connectivity index is 2.77. The topological polar surface area (TPSA) is 55.6 Å². The van der Waals surface area contributed by atoms with Gasteiger partial charge in [-0.2, -0.15) is 0 Å². The first-order chi connectivity index (χ1) is 7.50. The summed E-state index contributed by atoms with van der Waals surface area (Å²) in [5.41, 5.74) is 6.01. The molecule has 0 spiro atoms. The van der Waals surface area contributed by atoms with Gasteiger partial charge in [0, 0.05) is 10.2 Å². The van der Waals surface area contributed by atoms with E-state index in [1.54, 1.807) is 12.1 Å². The maximum Gasteiger partial charge on any atom is 0.321 e. The molecule has 0 aliphatic carbocycles. The Morgan fingerprint density at radius 2 is 2.00 bits per heavy atom. The molecule has 0 aliphatic heterocycles. The molecule has 0 fully saturated rings. The second-order valence-electron chi connectivity index (χ2n) is 3.59. The van der Waals surface area contributed by atoms with Gasteiger partial charge in [-0.05, 0) is 38.1 Å². The average Bonchev–Trinajstić information content (AvgIpc) is 2.20. The Bertz CT molecular complexity index is 352. The van der Waals surface area contributed by atoms with Gasteiger partial charge in [0.15, 0.2) is 0 Å². The molecule has 1 aromatic carbocycles. The minimum Gasteiger partial charge on any atom is -0.358 e. The number of benzene rings is 1. The van der Waals surface area contributed by atoms with Crippen molar-refractivity contribution in [3.05, 3.63) is 28.7 Å². The second kappa shape index (κ2) is 5.86. The van der Waals surface area contributed by atoms with Crippen molar-refractivity contribution in [1.82, 2.24) is 0 Å². The lowest BCUT2D eigenvalue weighted by molar-refractivity contribution is 0.0824. The summed E-state index contributed by atoms with van der Waals surface area (Å²) in [6.45, 7) is 3.97. The van der Waals surface area contributed by atoms with E-state index in [0.717, 1.165) is 10.2 Å². The van der Waals surface area contributed by atoms with Crippen molar-refractivity contribution in [3.8, 4) is 0 Å². The summed E-state index contributed by atoms with van der Waals surface area (Å²) in [6, 6.07) is 6.78. The van der Waals surface area contributed by atoms with Gasteiger partial charge in [0.05, 0.1) is 6.10 Å². The number of primary amides is 1. The fourth-order valence-electron chi connectivity index (χ4n) is 1.11. The van der Waals surface area contributed by atoms with Gasteiger partial charge in [0.1, 0.15) is 6.73 Å². The van der Waals surface area contributed by atoms with Crippen molar-refractivity contribution < 1.29 is 9.53 Å². The van der Waals surface area contributed by atoms with E-state index in [0.29, 0.717) is 0 Å².